The van der Waals surface area contributed by atoms with E-state index in [0.29, 0.717) is 18.0 Å². The van der Waals surface area contributed by atoms with Crippen molar-refractivity contribution >= 4 is 27.3 Å². The zero-order valence-corrected chi connectivity index (χ0v) is 16.5. The third-order valence-electron chi connectivity index (χ3n) is 4.66. The van der Waals surface area contributed by atoms with Crippen LogP contribution in [0.1, 0.15) is 36.1 Å². The standard InChI is InChI=1S/C19H24N2O3S2/c1-15-7-9-18(10-8-15)26(23,24)21-11-3-2-5-16(21)13-19(22)20-14-17-6-4-12-25-17/h4,6-10,12,16H,2-3,5,11,13-14H2,1H3,(H,20,22)/t16-/m0/s1. The lowest BCUT2D eigenvalue weighted by atomic mass is 10.0. The topological polar surface area (TPSA) is 66.5 Å². The fourth-order valence-electron chi connectivity index (χ4n) is 3.23. The highest BCUT2D eigenvalue weighted by Crippen LogP contribution is 2.27. The summed E-state index contributed by atoms with van der Waals surface area (Å²) < 4.78 is 27.6. The molecule has 0 spiro atoms. The molecule has 1 aromatic heterocycles. The van der Waals surface area contributed by atoms with Crippen molar-refractivity contribution in [3.63, 3.8) is 0 Å². The Labute approximate surface area is 159 Å². The molecule has 2 aromatic rings. The minimum atomic E-state index is -3.58. The van der Waals surface area contributed by atoms with Crippen molar-refractivity contribution in [3.8, 4) is 0 Å². The number of thiophene rings is 1. The fraction of sp³-hybridized carbons (Fsp3) is 0.421. The van der Waals surface area contributed by atoms with E-state index in [0.717, 1.165) is 29.7 Å². The van der Waals surface area contributed by atoms with E-state index in [1.807, 2.05) is 24.4 Å². The largest absolute Gasteiger partial charge is 0.351 e. The molecule has 26 heavy (non-hydrogen) atoms. The number of rotatable bonds is 6. The summed E-state index contributed by atoms with van der Waals surface area (Å²) >= 11 is 1.59. The Morgan fingerprint density at radius 3 is 2.69 bits per heavy atom. The quantitative estimate of drug-likeness (QED) is 0.820. The van der Waals surface area contributed by atoms with E-state index >= 15 is 0 Å². The molecule has 0 saturated carbocycles. The summed E-state index contributed by atoms with van der Waals surface area (Å²) in [5.41, 5.74) is 1.02. The van der Waals surface area contributed by atoms with Crippen molar-refractivity contribution < 1.29 is 13.2 Å². The summed E-state index contributed by atoms with van der Waals surface area (Å²) in [6.07, 6.45) is 2.70. The van der Waals surface area contributed by atoms with Gasteiger partial charge in [0.05, 0.1) is 11.4 Å². The normalized spacial score (nSPS) is 18.6. The van der Waals surface area contributed by atoms with Gasteiger partial charge in [0.15, 0.2) is 0 Å². The third-order valence-corrected chi connectivity index (χ3v) is 7.50. The molecular weight excluding hydrogens is 368 g/mol. The molecule has 0 radical (unpaired) electrons. The van der Waals surface area contributed by atoms with Crippen LogP contribution in [0.3, 0.4) is 0 Å². The number of aryl methyl sites for hydroxylation is 1. The number of carbonyl (C=O) groups is 1. The number of nitrogens with zero attached hydrogens (tertiary/aromatic N) is 1. The van der Waals surface area contributed by atoms with Gasteiger partial charge in [-0.05, 0) is 43.3 Å². The van der Waals surface area contributed by atoms with Crippen molar-refractivity contribution in [1.29, 1.82) is 0 Å². The number of nitrogens with one attached hydrogen (secondary N) is 1. The maximum absolute atomic E-state index is 13.0. The summed E-state index contributed by atoms with van der Waals surface area (Å²) in [4.78, 5) is 13.7. The summed E-state index contributed by atoms with van der Waals surface area (Å²) in [5, 5.41) is 4.87. The van der Waals surface area contributed by atoms with Gasteiger partial charge in [0.25, 0.3) is 0 Å². The number of benzene rings is 1. The number of carbonyl (C=O) groups excluding carboxylic acids is 1. The highest BCUT2D eigenvalue weighted by Gasteiger charge is 2.34. The van der Waals surface area contributed by atoms with E-state index in [-0.39, 0.29) is 18.4 Å². The Balaban J connectivity index is 1.68. The van der Waals surface area contributed by atoms with Crippen molar-refractivity contribution in [1.82, 2.24) is 9.62 Å². The molecular formula is C19H24N2O3S2. The van der Waals surface area contributed by atoms with Gasteiger partial charge in [-0.1, -0.05) is 30.2 Å². The molecule has 1 amide bonds. The molecule has 1 aliphatic heterocycles. The van der Waals surface area contributed by atoms with Crippen LogP contribution in [-0.2, 0) is 21.4 Å². The van der Waals surface area contributed by atoms with Crippen LogP contribution in [0.15, 0.2) is 46.7 Å². The summed E-state index contributed by atoms with van der Waals surface area (Å²) in [7, 11) is -3.58. The predicted molar refractivity (Wildman–Crippen MR) is 103 cm³/mol. The molecule has 0 unspecified atom stereocenters. The smallest absolute Gasteiger partial charge is 0.243 e. The van der Waals surface area contributed by atoms with Crippen LogP contribution in [0.4, 0.5) is 0 Å². The second-order valence-corrected chi connectivity index (χ2v) is 9.56. The first-order valence-electron chi connectivity index (χ1n) is 8.84. The number of hydrogen-bond donors (Lipinski definition) is 1. The Hall–Kier alpha value is -1.70. The second-order valence-electron chi connectivity index (χ2n) is 6.64. The van der Waals surface area contributed by atoms with Crippen LogP contribution in [0, 0.1) is 6.92 Å². The van der Waals surface area contributed by atoms with Crippen LogP contribution in [-0.4, -0.2) is 31.2 Å². The predicted octanol–water partition coefficient (Wildman–Crippen LogP) is 3.31. The molecule has 0 aliphatic carbocycles. The Morgan fingerprint density at radius 1 is 1.23 bits per heavy atom. The van der Waals surface area contributed by atoms with E-state index in [4.69, 9.17) is 0 Å². The van der Waals surface area contributed by atoms with Crippen LogP contribution in [0.5, 0.6) is 0 Å². The van der Waals surface area contributed by atoms with Gasteiger partial charge < -0.3 is 5.32 Å². The molecule has 1 atom stereocenters. The van der Waals surface area contributed by atoms with Gasteiger partial charge >= 0.3 is 0 Å². The lowest BCUT2D eigenvalue weighted by molar-refractivity contribution is -0.122. The van der Waals surface area contributed by atoms with E-state index in [9.17, 15) is 13.2 Å². The molecule has 1 aromatic carbocycles. The number of hydrogen-bond acceptors (Lipinski definition) is 4. The Kier molecular flexibility index (Phi) is 6.11. The number of sulfonamides is 1. The molecule has 2 heterocycles. The SMILES string of the molecule is Cc1ccc(S(=O)(=O)N2CCCC[C@H]2CC(=O)NCc2cccs2)cc1. The van der Waals surface area contributed by atoms with Crippen molar-refractivity contribution in [3.05, 3.63) is 52.2 Å². The zero-order chi connectivity index (χ0) is 18.6. The average Bonchev–Trinajstić information content (AvgIpc) is 3.14. The molecule has 5 nitrogen and oxygen atoms in total. The summed E-state index contributed by atoms with van der Waals surface area (Å²) in [6, 6.07) is 10.5. The fourth-order valence-corrected chi connectivity index (χ4v) is 5.56. The first-order valence-corrected chi connectivity index (χ1v) is 11.2. The number of amides is 1. The van der Waals surface area contributed by atoms with Crippen LogP contribution in [0.25, 0.3) is 0 Å². The molecule has 1 N–H and O–H groups in total. The van der Waals surface area contributed by atoms with E-state index in [2.05, 4.69) is 5.32 Å². The summed E-state index contributed by atoms with van der Waals surface area (Å²) in [5.74, 6) is -0.102. The zero-order valence-electron chi connectivity index (χ0n) is 14.8. The van der Waals surface area contributed by atoms with E-state index in [1.165, 1.54) is 4.31 Å². The van der Waals surface area contributed by atoms with Gasteiger partial charge in [0.2, 0.25) is 15.9 Å². The van der Waals surface area contributed by atoms with Gasteiger partial charge in [0, 0.05) is 23.9 Å². The minimum Gasteiger partial charge on any atom is -0.351 e. The molecule has 1 saturated heterocycles. The van der Waals surface area contributed by atoms with Gasteiger partial charge in [-0.15, -0.1) is 11.3 Å². The van der Waals surface area contributed by atoms with Crippen molar-refractivity contribution in [2.45, 2.75) is 50.1 Å². The molecule has 0 bridgehead atoms. The lowest BCUT2D eigenvalue weighted by Gasteiger charge is -2.34. The molecule has 1 aliphatic rings. The van der Waals surface area contributed by atoms with Gasteiger partial charge in [0.1, 0.15) is 0 Å². The van der Waals surface area contributed by atoms with Crippen molar-refractivity contribution in [2.24, 2.45) is 0 Å². The molecule has 140 valence electrons. The van der Waals surface area contributed by atoms with E-state index in [1.54, 1.807) is 35.6 Å². The second kappa shape index (κ2) is 8.33. The molecule has 7 heteroatoms. The highest BCUT2D eigenvalue weighted by atomic mass is 32.2. The maximum Gasteiger partial charge on any atom is 0.243 e. The molecule has 3 rings (SSSR count). The highest BCUT2D eigenvalue weighted by molar-refractivity contribution is 7.89. The maximum atomic E-state index is 13.0. The Bertz CT molecular complexity index is 830. The molecule has 1 fully saturated rings. The van der Waals surface area contributed by atoms with Crippen LogP contribution >= 0.6 is 11.3 Å². The number of piperidine rings is 1. The first-order chi connectivity index (χ1) is 12.5. The monoisotopic (exact) mass is 392 g/mol. The average molecular weight is 393 g/mol. The first kappa shape index (κ1) is 19.1. The van der Waals surface area contributed by atoms with Gasteiger partial charge in [-0.2, -0.15) is 4.31 Å². The van der Waals surface area contributed by atoms with Gasteiger partial charge in [-0.25, -0.2) is 8.42 Å². The van der Waals surface area contributed by atoms with Gasteiger partial charge in [-0.3, -0.25) is 4.79 Å². The third kappa shape index (κ3) is 4.52. The Morgan fingerprint density at radius 2 is 2.00 bits per heavy atom. The summed E-state index contributed by atoms with van der Waals surface area (Å²) in [6.45, 7) is 2.89. The van der Waals surface area contributed by atoms with E-state index < -0.39 is 10.0 Å². The van der Waals surface area contributed by atoms with Crippen molar-refractivity contribution in [2.75, 3.05) is 6.54 Å². The van der Waals surface area contributed by atoms with Crippen LogP contribution in [0.2, 0.25) is 0 Å². The lowest BCUT2D eigenvalue weighted by Crippen LogP contribution is -2.45. The van der Waals surface area contributed by atoms with Crippen LogP contribution < -0.4 is 5.32 Å². The minimum absolute atomic E-state index is 0.102.